The molecule has 2 aliphatic heterocycles. The number of ether oxygens (including phenoxy) is 1. The first-order valence-corrected chi connectivity index (χ1v) is 4.91. The monoisotopic (exact) mass is 201 g/mol. The lowest BCUT2D eigenvalue weighted by Gasteiger charge is -2.26. The highest BCUT2D eigenvalue weighted by molar-refractivity contribution is 5.73. The van der Waals surface area contributed by atoms with Crippen molar-refractivity contribution in [2.24, 2.45) is 11.7 Å². The summed E-state index contributed by atoms with van der Waals surface area (Å²) in [5, 5.41) is 18.4. The summed E-state index contributed by atoms with van der Waals surface area (Å²) < 4.78 is 5.53. The Morgan fingerprint density at radius 1 is 1.50 bits per heavy atom. The maximum Gasteiger partial charge on any atom is 0.323 e. The summed E-state index contributed by atoms with van der Waals surface area (Å²) in [5.41, 5.74) is 5.37. The van der Waals surface area contributed by atoms with Crippen LogP contribution < -0.4 is 5.73 Å². The van der Waals surface area contributed by atoms with E-state index in [1.807, 2.05) is 0 Å². The highest BCUT2D eigenvalue weighted by atomic mass is 16.5. The Hall–Kier alpha value is -0.650. The third-order valence-corrected chi connectivity index (χ3v) is 3.24. The molecule has 0 spiro atoms. The van der Waals surface area contributed by atoms with E-state index >= 15 is 0 Å². The fourth-order valence-electron chi connectivity index (χ4n) is 2.45. The van der Waals surface area contributed by atoms with E-state index in [4.69, 9.17) is 15.6 Å². The Morgan fingerprint density at radius 2 is 2.21 bits per heavy atom. The molecule has 5 unspecified atom stereocenters. The van der Waals surface area contributed by atoms with E-state index in [-0.39, 0.29) is 18.1 Å². The van der Waals surface area contributed by atoms with Gasteiger partial charge in [0.05, 0.1) is 18.3 Å². The van der Waals surface area contributed by atoms with Crippen LogP contribution in [-0.2, 0) is 9.53 Å². The third-order valence-electron chi connectivity index (χ3n) is 3.24. The zero-order valence-corrected chi connectivity index (χ0v) is 7.80. The van der Waals surface area contributed by atoms with Crippen LogP contribution >= 0.6 is 0 Å². The van der Waals surface area contributed by atoms with Gasteiger partial charge < -0.3 is 20.7 Å². The highest BCUT2D eigenvalue weighted by Crippen LogP contribution is 2.40. The van der Waals surface area contributed by atoms with Crippen molar-refractivity contribution in [2.45, 2.75) is 43.6 Å². The topological polar surface area (TPSA) is 92.8 Å². The maximum atomic E-state index is 10.6. The second kappa shape index (κ2) is 3.49. The largest absolute Gasteiger partial charge is 0.480 e. The number of fused-ring (bicyclic) bond motifs is 2. The van der Waals surface area contributed by atoms with Crippen LogP contribution in [-0.4, -0.2) is 40.5 Å². The Bertz CT molecular complexity index is 245. The fourth-order valence-corrected chi connectivity index (χ4v) is 2.45. The number of rotatable bonds is 3. The standard InChI is InChI=1S/C9H15NO4/c10-7(9(12)13)8(11)5-3-4-1-2-6(5)14-4/h4-8,11H,1-3,10H2,(H,12,13). The first kappa shape index (κ1) is 9.89. The SMILES string of the molecule is NC(C(=O)O)C(O)C1CC2CCC1O2. The van der Waals surface area contributed by atoms with Gasteiger partial charge in [-0.2, -0.15) is 0 Å². The molecule has 2 rings (SSSR count). The van der Waals surface area contributed by atoms with Crippen LogP contribution in [0.3, 0.4) is 0 Å². The Kier molecular flexibility index (Phi) is 2.47. The predicted molar refractivity (Wildman–Crippen MR) is 47.6 cm³/mol. The summed E-state index contributed by atoms with van der Waals surface area (Å²) in [6.07, 6.45) is 1.92. The second-order valence-electron chi connectivity index (χ2n) is 4.13. The number of nitrogens with two attached hydrogens (primary N) is 1. The Labute approximate surface area is 81.9 Å². The van der Waals surface area contributed by atoms with Gasteiger partial charge in [-0.1, -0.05) is 0 Å². The minimum Gasteiger partial charge on any atom is -0.480 e. The van der Waals surface area contributed by atoms with Gasteiger partial charge in [-0.05, 0) is 19.3 Å². The summed E-state index contributed by atoms with van der Waals surface area (Å²) in [6, 6.07) is -1.19. The molecule has 14 heavy (non-hydrogen) atoms. The van der Waals surface area contributed by atoms with Gasteiger partial charge in [0.1, 0.15) is 6.04 Å². The maximum absolute atomic E-state index is 10.6. The highest BCUT2D eigenvalue weighted by Gasteiger charge is 2.46. The van der Waals surface area contributed by atoms with E-state index in [1.54, 1.807) is 0 Å². The molecule has 80 valence electrons. The fraction of sp³-hybridized carbons (Fsp3) is 0.889. The summed E-state index contributed by atoms with van der Waals surface area (Å²) in [7, 11) is 0. The van der Waals surface area contributed by atoms with Gasteiger partial charge in [-0.3, -0.25) is 4.79 Å². The van der Waals surface area contributed by atoms with Crippen molar-refractivity contribution in [3.05, 3.63) is 0 Å². The van der Waals surface area contributed by atoms with E-state index in [0.29, 0.717) is 0 Å². The lowest BCUT2D eigenvalue weighted by molar-refractivity contribution is -0.142. The number of aliphatic hydroxyl groups excluding tert-OH is 1. The molecule has 5 heteroatoms. The van der Waals surface area contributed by atoms with Crippen molar-refractivity contribution < 1.29 is 19.7 Å². The molecule has 0 amide bonds. The normalized spacial score (nSPS) is 39.7. The molecule has 0 aromatic heterocycles. The first-order chi connectivity index (χ1) is 6.59. The molecular formula is C9H15NO4. The summed E-state index contributed by atoms with van der Waals surface area (Å²) in [6.45, 7) is 0. The minimum atomic E-state index is -1.19. The molecule has 0 aromatic carbocycles. The van der Waals surface area contributed by atoms with Crippen molar-refractivity contribution in [1.82, 2.24) is 0 Å². The molecule has 5 atom stereocenters. The quantitative estimate of drug-likeness (QED) is 0.563. The van der Waals surface area contributed by atoms with Crippen LogP contribution in [0, 0.1) is 5.92 Å². The molecule has 0 aromatic rings. The van der Waals surface area contributed by atoms with Gasteiger partial charge in [-0.15, -0.1) is 0 Å². The molecule has 0 radical (unpaired) electrons. The van der Waals surface area contributed by atoms with Crippen LogP contribution in [0.5, 0.6) is 0 Å². The van der Waals surface area contributed by atoms with E-state index in [9.17, 15) is 9.90 Å². The van der Waals surface area contributed by atoms with E-state index < -0.39 is 18.1 Å². The number of carboxylic acid groups (broad SMARTS) is 1. The molecule has 5 nitrogen and oxygen atoms in total. The molecule has 0 saturated carbocycles. The number of carboxylic acids is 1. The number of carbonyl (C=O) groups is 1. The Balaban J connectivity index is 1.98. The minimum absolute atomic E-state index is 0.0143. The zero-order chi connectivity index (χ0) is 10.3. The molecule has 2 aliphatic rings. The first-order valence-electron chi connectivity index (χ1n) is 4.91. The van der Waals surface area contributed by atoms with E-state index in [0.717, 1.165) is 19.3 Å². The number of hydrogen-bond donors (Lipinski definition) is 3. The molecule has 4 N–H and O–H groups in total. The van der Waals surface area contributed by atoms with E-state index in [1.165, 1.54) is 0 Å². The number of aliphatic carboxylic acids is 1. The van der Waals surface area contributed by atoms with Crippen molar-refractivity contribution >= 4 is 5.97 Å². The van der Waals surface area contributed by atoms with E-state index in [2.05, 4.69) is 0 Å². The zero-order valence-electron chi connectivity index (χ0n) is 7.80. The number of hydrogen-bond acceptors (Lipinski definition) is 4. The Morgan fingerprint density at radius 3 is 2.64 bits per heavy atom. The van der Waals surface area contributed by atoms with Crippen LogP contribution in [0.25, 0.3) is 0 Å². The van der Waals surface area contributed by atoms with Crippen LogP contribution in [0.2, 0.25) is 0 Å². The van der Waals surface area contributed by atoms with Gasteiger partial charge in [-0.25, -0.2) is 0 Å². The predicted octanol–water partition coefficient (Wildman–Crippen LogP) is -0.673. The molecular weight excluding hydrogens is 186 g/mol. The van der Waals surface area contributed by atoms with Crippen LogP contribution in [0.15, 0.2) is 0 Å². The molecule has 2 bridgehead atoms. The average Bonchev–Trinajstić information content (AvgIpc) is 2.76. The lowest BCUT2D eigenvalue weighted by Crippen LogP contribution is -2.48. The molecule has 0 aliphatic carbocycles. The summed E-state index contributed by atoms with van der Waals surface area (Å²) >= 11 is 0. The number of aliphatic hydroxyl groups is 1. The molecule has 2 heterocycles. The lowest BCUT2D eigenvalue weighted by atomic mass is 9.83. The van der Waals surface area contributed by atoms with Gasteiger partial charge in [0.15, 0.2) is 0 Å². The average molecular weight is 201 g/mol. The van der Waals surface area contributed by atoms with Crippen molar-refractivity contribution in [3.8, 4) is 0 Å². The second-order valence-corrected chi connectivity index (χ2v) is 4.13. The van der Waals surface area contributed by atoms with Crippen LogP contribution in [0.4, 0.5) is 0 Å². The van der Waals surface area contributed by atoms with Crippen molar-refractivity contribution in [2.75, 3.05) is 0 Å². The van der Waals surface area contributed by atoms with Crippen LogP contribution in [0.1, 0.15) is 19.3 Å². The van der Waals surface area contributed by atoms with Gasteiger partial charge in [0.25, 0.3) is 0 Å². The smallest absolute Gasteiger partial charge is 0.323 e. The van der Waals surface area contributed by atoms with Crippen molar-refractivity contribution in [3.63, 3.8) is 0 Å². The summed E-state index contributed by atoms with van der Waals surface area (Å²) in [4.78, 5) is 10.6. The van der Waals surface area contributed by atoms with Gasteiger partial charge in [0, 0.05) is 5.92 Å². The van der Waals surface area contributed by atoms with Crippen molar-refractivity contribution in [1.29, 1.82) is 0 Å². The molecule has 2 saturated heterocycles. The third kappa shape index (κ3) is 1.51. The van der Waals surface area contributed by atoms with Gasteiger partial charge in [0.2, 0.25) is 0 Å². The van der Waals surface area contributed by atoms with Gasteiger partial charge >= 0.3 is 5.97 Å². The summed E-state index contributed by atoms with van der Waals surface area (Å²) in [5.74, 6) is -1.25. The molecule has 2 fully saturated rings.